The summed E-state index contributed by atoms with van der Waals surface area (Å²) >= 11 is 1.72. The van der Waals surface area contributed by atoms with E-state index in [1.165, 1.54) is 5.56 Å². The number of allylic oxidation sites excluding steroid dienone is 1. The molecule has 4 heteroatoms. The van der Waals surface area contributed by atoms with E-state index in [0.717, 1.165) is 24.4 Å². The van der Waals surface area contributed by atoms with Crippen LogP contribution in [0.2, 0.25) is 0 Å². The molecule has 0 aliphatic carbocycles. The Bertz CT molecular complexity index is 697. The molecule has 24 heavy (non-hydrogen) atoms. The molecule has 128 valence electrons. The van der Waals surface area contributed by atoms with Gasteiger partial charge < -0.3 is 10.0 Å². The minimum Gasteiger partial charge on any atom is -0.508 e. The smallest absolute Gasteiger partial charge is 0.115 e. The molecule has 2 aromatic rings. The van der Waals surface area contributed by atoms with E-state index in [9.17, 15) is 5.11 Å². The van der Waals surface area contributed by atoms with Crippen LogP contribution in [0.3, 0.4) is 0 Å². The van der Waals surface area contributed by atoms with Crippen molar-refractivity contribution in [3.8, 4) is 5.75 Å². The molecular formula is C20H26N2OS. The molecule has 0 radical (unpaired) electrons. The Balaban J connectivity index is 1.96. The number of phenolic OH excluding ortho intramolecular Hbond substituents is 1. The van der Waals surface area contributed by atoms with E-state index in [2.05, 4.69) is 60.0 Å². The molecule has 3 rings (SSSR count). The molecule has 1 N–H and O–H groups in total. The van der Waals surface area contributed by atoms with E-state index in [4.69, 9.17) is 0 Å². The highest BCUT2D eigenvalue weighted by molar-refractivity contribution is 7.08. The van der Waals surface area contributed by atoms with Gasteiger partial charge in [-0.1, -0.05) is 18.7 Å². The summed E-state index contributed by atoms with van der Waals surface area (Å²) in [6.07, 6.45) is 0. The van der Waals surface area contributed by atoms with Crippen molar-refractivity contribution in [1.82, 2.24) is 9.80 Å². The van der Waals surface area contributed by atoms with E-state index in [-0.39, 0.29) is 6.04 Å². The summed E-state index contributed by atoms with van der Waals surface area (Å²) in [5.74, 6) is 0.328. The van der Waals surface area contributed by atoms with Gasteiger partial charge in [-0.15, -0.1) is 0 Å². The first-order valence-corrected chi connectivity index (χ1v) is 9.40. The monoisotopic (exact) mass is 342 g/mol. The van der Waals surface area contributed by atoms with Crippen molar-refractivity contribution in [2.75, 3.05) is 13.1 Å². The number of aromatic hydroxyl groups is 1. The largest absolute Gasteiger partial charge is 0.508 e. The van der Waals surface area contributed by atoms with Crippen molar-refractivity contribution >= 4 is 11.3 Å². The van der Waals surface area contributed by atoms with Gasteiger partial charge in [0.2, 0.25) is 0 Å². The number of rotatable bonds is 4. The Morgan fingerprint density at radius 1 is 1.21 bits per heavy atom. The van der Waals surface area contributed by atoms with Gasteiger partial charge in [0.05, 0.1) is 6.04 Å². The van der Waals surface area contributed by atoms with Crippen LogP contribution in [0.1, 0.15) is 37.9 Å². The molecule has 1 aliphatic rings. The summed E-state index contributed by atoms with van der Waals surface area (Å²) in [5.41, 5.74) is 3.59. The van der Waals surface area contributed by atoms with E-state index in [0.29, 0.717) is 17.8 Å². The average Bonchev–Trinajstić information content (AvgIpc) is 3.04. The highest BCUT2D eigenvalue weighted by Gasteiger charge is 2.34. The van der Waals surface area contributed by atoms with Gasteiger partial charge in [0, 0.05) is 30.9 Å². The molecule has 0 amide bonds. The van der Waals surface area contributed by atoms with Gasteiger partial charge in [0.1, 0.15) is 5.75 Å². The molecule has 0 spiro atoms. The summed E-state index contributed by atoms with van der Waals surface area (Å²) in [7, 11) is 0. The van der Waals surface area contributed by atoms with Crippen LogP contribution in [0.25, 0.3) is 0 Å². The number of hydrogen-bond donors (Lipinski definition) is 1. The van der Waals surface area contributed by atoms with E-state index in [1.807, 2.05) is 12.1 Å². The average molecular weight is 343 g/mol. The molecular weight excluding hydrogens is 316 g/mol. The number of nitrogens with zero attached hydrogens (tertiary/aromatic N) is 2. The van der Waals surface area contributed by atoms with Gasteiger partial charge in [0.15, 0.2) is 0 Å². The summed E-state index contributed by atoms with van der Waals surface area (Å²) in [6, 6.07) is 10.9. The lowest BCUT2D eigenvalue weighted by Gasteiger charge is -2.48. The second kappa shape index (κ2) is 6.99. The Kier molecular flexibility index (Phi) is 4.97. The first-order chi connectivity index (χ1) is 11.5. The molecule has 3 nitrogen and oxygen atoms in total. The minimum absolute atomic E-state index is 0.174. The molecule has 1 aliphatic heterocycles. The maximum atomic E-state index is 9.95. The van der Waals surface area contributed by atoms with Gasteiger partial charge in [-0.05, 0) is 60.9 Å². The van der Waals surface area contributed by atoms with Gasteiger partial charge in [0.25, 0.3) is 0 Å². The highest BCUT2D eigenvalue weighted by atomic mass is 32.1. The maximum Gasteiger partial charge on any atom is 0.115 e. The van der Waals surface area contributed by atoms with Crippen molar-refractivity contribution < 1.29 is 5.11 Å². The fourth-order valence-electron chi connectivity index (χ4n) is 3.75. The van der Waals surface area contributed by atoms with E-state index < -0.39 is 0 Å². The Hall–Kier alpha value is -1.78. The molecule has 0 bridgehead atoms. The predicted molar refractivity (Wildman–Crippen MR) is 101 cm³/mol. The van der Waals surface area contributed by atoms with Crippen LogP contribution < -0.4 is 0 Å². The quantitative estimate of drug-likeness (QED) is 0.888. The SMILES string of the molecule is C=C(C)N1C[C@@H](C)N(C(c2ccsc2)c2cccc(O)c2)C[C@@H]1C. The summed E-state index contributed by atoms with van der Waals surface area (Å²) < 4.78 is 0. The first-order valence-electron chi connectivity index (χ1n) is 8.46. The Morgan fingerprint density at radius 3 is 2.62 bits per heavy atom. The number of phenols is 1. The summed E-state index contributed by atoms with van der Waals surface area (Å²) in [5, 5.41) is 14.3. The van der Waals surface area contributed by atoms with Gasteiger partial charge in [-0.2, -0.15) is 11.3 Å². The van der Waals surface area contributed by atoms with Gasteiger partial charge >= 0.3 is 0 Å². The second-order valence-corrected chi connectivity index (χ2v) is 7.62. The maximum absolute atomic E-state index is 9.95. The van der Waals surface area contributed by atoms with Gasteiger partial charge in [-0.3, -0.25) is 4.90 Å². The van der Waals surface area contributed by atoms with Crippen molar-refractivity contribution in [3.05, 3.63) is 64.5 Å². The van der Waals surface area contributed by atoms with Gasteiger partial charge in [-0.25, -0.2) is 0 Å². The number of hydrogen-bond acceptors (Lipinski definition) is 4. The molecule has 3 atom stereocenters. The Morgan fingerprint density at radius 2 is 2.00 bits per heavy atom. The third-order valence-electron chi connectivity index (χ3n) is 4.90. The van der Waals surface area contributed by atoms with Crippen LogP contribution >= 0.6 is 11.3 Å². The lowest BCUT2D eigenvalue weighted by molar-refractivity contribution is 0.0436. The lowest BCUT2D eigenvalue weighted by Crippen LogP contribution is -2.56. The molecule has 1 aromatic heterocycles. The third-order valence-corrected chi connectivity index (χ3v) is 5.60. The number of piperazine rings is 1. The molecule has 1 fully saturated rings. The fourth-order valence-corrected chi connectivity index (χ4v) is 4.42. The second-order valence-electron chi connectivity index (χ2n) is 6.84. The minimum atomic E-state index is 0.174. The normalized spacial score (nSPS) is 23.2. The molecule has 2 heterocycles. The Labute approximate surface area is 148 Å². The summed E-state index contributed by atoms with van der Waals surface area (Å²) in [4.78, 5) is 4.95. The van der Waals surface area contributed by atoms with Crippen LogP contribution in [0.5, 0.6) is 5.75 Å². The molecule has 1 aromatic carbocycles. The lowest BCUT2D eigenvalue weighted by atomic mass is 9.95. The van der Waals surface area contributed by atoms with Crippen LogP contribution in [-0.2, 0) is 0 Å². The van der Waals surface area contributed by atoms with Crippen LogP contribution in [0.15, 0.2) is 53.4 Å². The predicted octanol–water partition coefficient (Wildman–Crippen LogP) is 4.47. The first kappa shape index (κ1) is 17.1. The number of benzene rings is 1. The number of thiophene rings is 1. The van der Waals surface area contributed by atoms with E-state index >= 15 is 0 Å². The fraction of sp³-hybridized carbons (Fsp3) is 0.400. The highest BCUT2D eigenvalue weighted by Crippen LogP contribution is 2.35. The standard InChI is InChI=1S/C20H26N2OS/c1-14(2)21-11-16(4)22(12-15(21)3)20(18-8-9-24-13-18)17-6-5-7-19(23)10-17/h5-10,13,15-16,20,23H,1,11-12H2,2-4H3/t15-,16+,20?/m0/s1. The summed E-state index contributed by atoms with van der Waals surface area (Å²) in [6.45, 7) is 12.7. The van der Waals surface area contributed by atoms with Crippen molar-refractivity contribution in [2.24, 2.45) is 0 Å². The third kappa shape index (κ3) is 3.35. The van der Waals surface area contributed by atoms with Crippen LogP contribution in [-0.4, -0.2) is 40.1 Å². The zero-order chi connectivity index (χ0) is 17.3. The molecule has 0 saturated carbocycles. The van der Waals surface area contributed by atoms with Crippen molar-refractivity contribution in [1.29, 1.82) is 0 Å². The van der Waals surface area contributed by atoms with Crippen LogP contribution in [0, 0.1) is 0 Å². The zero-order valence-corrected chi connectivity index (χ0v) is 15.5. The van der Waals surface area contributed by atoms with Crippen LogP contribution in [0.4, 0.5) is 0 Å². The topological polar surface area (TPSA) is 26.7 Å². The van der Waals surface area contributed by atoms with Crippen molar-refractivity contribution in [2.45, 2.75) is 38.9 Å². The molecule has 1 saturated heterocycles. The zero-order valence-electron chi connectivity index (χ0n) is 14.6. The molecule has 1 unspecified atom stereocenters. The van der Waals surface area contributed by atoms with E-state index in [1.54, 1.807) is 17.4 Å². The van der Waals surface area contributed by atoms with Crippen molar-refractivity contribution in [3.63, 3.8) is 0 Å².